The quantitative estimate of drug-likeness (QED) is 0.417. The minimum absolute atomic E-state index is 0.282. The smallest absolute Gasteiger partial charge is 0.260 e. The number of thioether (sulfide) groups is 1. The Kier molecular flexibility index (Phi) is 4.60. The molecule has 0 spiro atoms. The van der Waals surface area contributed by atoms with Gasteiger partial charge in [-0.3, -0.25) is 9.48 Å². The Morgan fingerprint density at radius 1 is 1.25 bits per heavy atom. The van der Waals surface area contributed by atoms with Crippen molar-refractivity contribution in [3.63, 3.8) is 0 Å². The highest BCUT2D eigenvalue weighted by atomic mass is 32.2. The van der Waals surface area contributed by atoms with Gasteiger partial charge >= 0.3 is 0 Å². The minimum Gasteiger partial charge on any atom is -0.461 e. The standard InChI is InChI=1S/C19H18N6O2S/c1-10-13-8-12(9-20-17(13)25(3)24-10)22-18(26)15-11(2)21-16(23-19(15)28-4)14-6-5-7-27-14/h5-9H,1-4H3,(H,22,26). The van der Waals surface area contributed by atoms with Crippen LogP contribution in [0.15, 0.2) is 40.1 Å². The zero-order valence-corrected chi connectivity index (χ0v) is 16.7. The van der Waals surface area contributed by atoms with Gasteiger partial charge in [0.05, 0.1) is 35.1 Å². The number of nitrogens with one attached hydrogen (secondary N) is 1. The maximum atomic E-state index is 13.0. The van der Waals surface area contributed by atoms with Crippen LogP contribution in [0.1, 0.15) is 21.7 Å². The van der Waals surface area contributed by atoms with E-state index in [1.807, 2.05) is 26.3 Å². The maximum Gasteiger partial charge on any atom is 0.260 e. The number of fused-ring (bicyclic) bond motifs is 1. The molecule has 0 saturated heterocycles. The van der Waals surface area contributed by atoms with Gasteiger partial charge in [0, 0.05) is 12.4 Å². The molecule has 8 nitrogen and oxygen atoms in total. The SMILES string of the molecule is CSc1nc(-c2ccco2)nc(C)c1C(=O)Nc1cnc2c(c1)c(C)nn2C. The largest absolute Gasteiger partial charge is 0.461 e. The Bertz CT molecular complexity index is 1180. The molecule has 0 atom stereocenters. The second-order valence-corrected chi connectivity index (χ2v) is 7.05. The molecule has 4 aromatic rings. The summed E-state index contributed by atoms with van der Waals surface area (Å²) in [5.74, 6) is 0.736. The number of nitrogens with zero attached hydrogens (tertiary/aromatic N) is 5. The molecule has 1 amide bonds. The second-order valence-electron chi connectivity index (χ2n) is 6.25. The number of anilines is 1. The van der Waals surface area contributed by atoms with E-state index in [-0.39, 0.29) is 5.91 Å². The van der Waals surface area contributed by atoms with Crippen LogP contribution in [-0.4, -0.2) is 36.9 Å². The first-order valence-corrected chi connectivity index (χ1v) is 9.77. The summed E-state index contributed by atoms with van der Waals surface area (Å²) >= 11 is 1.39. The summed E-state index contributed by atoms with van der Waals surface area (Å²) in [5, 5.41) is 8.74. The highest BCUT2D eigenvalue weighted by Gasteiger charge is 2.20. The van der Waals surface area contributed by atoms with Crippen LogP contribution in [0, 0.1) is 13.8 Å². The van der Waals surface area contributed by atoms with Crippen LogP contribution in [0.4, 0.5) is 5.69 Å². The number of hydrogen-bond donors (Lipinski definition) is 1. The lowest BCUT2D eigenvalue weighted by molar-refractivity contribution is 0.102. The van der Waals surface area contributed by atoms with Gasteiger partial charge in [0.1, 0.15) is 5.03 Å². The Morgan fingerprint density at radius 3 is 2.79 bits per heavy atom. The number of amides is 1. The van der Waals surface area contributed by atoms with Crippen molar-refractivity contribution in [2.75, 3.05) is 11.6 Å². The molecule has 0 fully saturated rings. The lowest BCUT2D eigenvalue weighted by Crippen LogP contribution is -2.17. The van der Waals surface area contributed by atoms with Crippen LogP contribution in [0.2, 0.25) is 0 Å². The van der Waals surface area contributed by atoms with Gasteiger partial charge in [0.25, 0.3) is 5.91 Å². The van der Waals surface area contributed by atoms with Crippen molar-refractivity contribution in [2.24, 2.45) is 7.05 Å². The number of carbonyl (C=O) groups excluding carboxylic acids is 1. The van der Waals surface area contributed by atoms with Gasteiger partial charge in [-0.1, -0.05) is 0 Å². The van der Waals surface area contributed by atoms with Gasteiger partial charge < -0.3 is 9.73 Å². The van der Waals surface area contributed by atoms with E-state index in [4.69, 9.17) is 4.42 Å². The molecule has 0 aromatic carbocycles. The van der Waals surface area contributed by atoms with Crippen LogP contribution in [0.5, 0.6) is 0 Å². The molecule has 1 N–H and O–H groups in total. The summed E-state index contributed by atoms with van der Waals surface area (Å²) < 4.78 is 7.09. The number of furan rings is 1. The van der Waals surface area contributed by atoms with E-state index in [1.54, 1.807) is 36.2 Å². The molecule has 0 aliphatic rings. The predicted molar refractivity (Wildman–Crippen MR) is 107 cm³/mol. The van der Waals surface area contributed by atoms with E-state index in [0.717, 1.165) is 16.7 Å². The molecule has 0 aliphatic heterocycles. The van der Waals surface area contributed by atoms with Gasteiger partial charge in [-0.05, 0) is 38.3 Å². The summed E-state index contributed by atoms with van der Waals surface area (Å²) in [6, 6.07) is 5.43. The van der Waals surface area contributed by atoms with Crippen molar-refractivity contribution in [3.05, 3.63) is 47.6 Å². The zero-order chi connectivity index (χ0) is 19.8. The van der Waals surface area contributed by atoms with E-state index in [1.165, 1.54) is 11.8 Å². The fourth-order valence-corrected chi connectivity index (χ4v) is 3.66. The van der Waals surface area contributed by atoms with Crippen LogP contribution in [-0.2, 0) is 7.05 Å². The van der Waals surface area contributed by atoms with Crippen molar-refractivity contribution in [1.29, 1.82) is 0 Å². The minimum atomic E-state index is -0.282. The van der Waals surface area contributed by atoms with E-state index in [0.29, 0.717) is 33.6 Å². The highest BCUT2D eigenvalue weighted by molar-refractivity contribution is 7.98. The average Bonchev–Trinajstić information content (AvgIpc) is 3.30. The Hall–Kier alpha value is -3.20. The average molecular weight is 394 g/mol. The van der Waals surface area contributed by atoms with Gasteiger partial charge in [-0.2, -0.15) is 5.10 Å². The molecule has 28 heavy (non-hydrogen) atoms. The third-order valence-electron chi connectivity index (χ3n) is 4.34. The normalized spacial score (nSPS) is 11.1. The third-order valence-corrected chi connectivity index (χ3v) is 5.02. The molecule has 4 heterocycles. The van der Waals surface area contributed by atoms with Gasteiger partial charge in [0.2, 0.25) is 0 Å². The number of carbonyl (C=O) groups is 1. The third kappa shape index (κ3) is 3.13. The van der Waals surface area contributed by atoms with Crippen LogP contribution in [0.3, 0.4) is 0 Å². The molecular weight excluding hydrogens is 376 g/mol. The first kappa shape index (κ1) is 18.2. The maximum absolute atomic E-state index is 13.0. The molecular formula is C19H18N6O2S. The van der Waals surface area contributed by atoms with Crippen LogP contribution in [0.25, 0.3) is 22.6 Å². The number of aryl methyl sites for hydroxylation is 3. The predicted octanol–water partition coefficient (Wildman–Crippen LogP) is 3.61. The van der Waals surface area contributed by atoms with Gasteiger partial charge in [-0.25, -0.2) is 15.0 Å². The summed E-state index contributed by atoms with van der Waals surface area (Å²) in [7, 11) is 1.84. The van der Waals surface area contributed by atoms with Crippen LogP contribution >= 0.6 is 11.8 Å². The Labute approximate surface area is 165 Å². The number of rotatable bonds is 4. The summed E-state index contributed by atoms with van der Waals surface area (Å²) in [5.41, 5.74) is 3.23. The van der Waals surface area contributed by atoms with Crippen LogP contribution < -0.4 is 5.32 Å². The Morgan fingerprint density at radius 2 is 2.07 bits per heavy atom. The molecule has 4 aromatic heterocycles. The Balaban J connectivity index is 1.69. The van der Waals surface area contributed by atoms with Crippen molar-refractivity contribution in [1.82, 2.24) is 24.7 Å². The molecule has 0 aliphatic carbocycles. The molecule has 142 valence electrons. The summed E-state index contributed by atoms with van der Waals surface area (Å²) in [4.78, 5) is 26.3. The number of aromatic nitrogens is 5. The molecule has 4 rings (SSSR count). The summed E-state index contributed by atoms with van der Waals surface area (Å²) in [6.07, 6.45) is 5.06. The molecule has 0 bridgehead atoms. The van der Waals surface area contributed by atoms with Gasteiger partial charge in [0.15, 0.2) is 17.2 Å². The number of pyridine rings is 1. The van der Waals surface area contributed by atoms with E-state index >= 15 is 0 Å². The topological polar surface area (TPSA) is 98.7 Å². The van der Waals surface area contributed by atoms with E-state index < -0.39 is 0 Å². The number of hydrogen-bond acceptors (Lipinski definition) is 7. The van der Waals surface area contributed by atoms with E-state index in [9.17, 15) is 4.79 Å². The van der Waals surface area contributed by atoms with Crippen molar-refractivity contribution < 1.29 is 9.21 Å². The van der Waals surface area contributed by atoms with Crippen molar-refractivity contribution in [3.8, 4) is 11.6 Å². The second kappa shape index (κ2) is 7.08. The zero-order valence-electron chi connectivity index (χ0n) is 15.8. The lowest BCUT2D eigenvalue weighted by atomic mass is 10.2. The molecule has 0 unspecified atom stereocenters. The van der Waals surface area contributed by atoms with Crippen molar-refractivity contribution in [2.45, 2.75) is 18.9 Å². The van der Waals surface area contributed by atoms with Crippen molar-refractivity contribution >= 4 is 34.4 Å². The van der Waals surface area contributed by atoms with E-state index in [2.05, 4.69) is 25.4 Å². The summed E-state index contributed by atoms with van der Waals surface area (Å²) in [6.45, 7) is 3.70. The monoisotopic (exact) mass is 394 g/mol. The first-order chi connectivity index (χ1) is 13.5. The molecule has 0 saturated carbocycles. The lowest BCUT2D eigenvalue weighted by Gasteiger charge is -2.11. The highest BCUT2D eigenvalue weighted by Crippen LogP contribution is 2.26. The molecule has 0 radical (unpaired) electrons. The molecule has 9 heteroatoms. The van der Waals surface area contributed by atoms with Gasteiger partial charge in [-0.15, -0.1) is 11.8 Å². The fraction of sp³-hybridized carbons (Fsp3) is 0.211. The fourth-order valence-electron chi connectivity index (χ4n) is 3.04. The first-order valence-electron chi connectivity index (χ1n) is 8.55.